The number of amides is 2. The Hall–Kier alpha value is -2.41. The summed E-state index contributed by atoms with van der Waals surface area (Å²) in [5.74, 6) is -0.663. The number of aromatic nitrogens is 4. The molecule has 28 heteroatoms. The van der Waals surface area contributed by atoms with Gasteiger partial charge in [0.1, 0.15) is 36.3 Å². The number of aliphatic hydroxyl groups excluding tert-OH is 2. The van der Waals surface area contributed by atoms with Gasteiger partial charge in [0.25, 0.3) is 0 Å². The lowest BCUT2D eigenvalue weighted by atomic mass is 9.87. The van der Waals surface area contributed by atoms with Gasteiger partial charge in [0.05, 0.1) is 23.8 Å². The van der Waals surface area contributed by atoms with Crippen LogP contribution in [-0.4, -0.2) is 118 Å². The third kappa shape index (κ3) is 12.6. The number of nitrogens with one attached hydrogen (secondary N) is 2. The zero-order chi connectivity index (χ0) is 39.2. The fraction of sp³-hybridized carbons (Fsp3) is 0.560. The number of rotatable bonds is 20. The van der Waals surface area contributed by atoms with E-state index in [0.29, 0.717) is 12.3 Å². The van der Waals surface area contributed by atoms with Crippen molar-refractivity contribution >= 4 is 75.4 Å². The maximum absolute atomic E-state index is 12.7. The summed E-state index contributed by atoms with van der Waals surface area (Å²) >= 11 is 3.16. The number of nitrogens with two attached hydrogens (primary N) is 1. The average Bonchev–Trinajstić information content (AvgIpc) is 3.80. The molecule has 2 amide bonds. The number of imidazole rings is 1. The molecule has 0 aromatic carbocycles. The van der Waals surface area contributed by atoms with Crippen LogP contribution in [0, 0.1) is 5.41 Å². The third-order valence-electron chi connectivity index (χ3n) is 7.24. The molecule has 0 spiro atoms. The van der Waals surface area contributed by atoms with E-state index in [1.165, 1.54) is 13.8 Å². The van der Waals surface area contributed by atoms with Crippen LogP contribution in [0.4, 0.5) is 5.82 Å². The molecule has 0 bridgehead atoms. The Morgan fingerprint density at radius 1 is 1.11 bits per heavy atom. The van der Waals surface area contributed by atoms with E-state index in [2.05, 4.69) is 34.4 Å². The van der Waals surface area contributed by atoms with Gasteiger partial charge in [-0.2, -0.15) is 4.31 Å². The van der Waals surface area contributed by atoms with E-state index in [1.54, 1.807) is 23.1 Å². The number of phosphoric acid groups is 3. The van der Waals surface area contributed by atoms with Crippen LogP contribution in [-0.2, 0) is 45.9 Å². The van der Waals surface area contributed by atoms with Crippen molar-refractivity contribution in [1.82, 2.24) is 30.2 Å². The predicted octanol–water partition coefficient (Wildman–Crippen LogP) is 0.259. The molecule has 3 aromatic heterocycles. The Kier molecular flexibility index (Phi) is 14.7. The van der Waals surface area contributed by atoms with Crippen LogP contribution in [0.5, 0.6) is 0 Å². The van der Waals surface area contributed by atoms with Crippen LogP contribution in [0.3, 0.4) is 0 Å². The normalized spacial score (nSPS) is 22.3. The standard InChI is InChI=1S/C25H38N7O16P3S2/c1-25(2,20(35)23(36)28-6-5-15(33)27-7-9-53-16-4-3-8-52-16)11-45-51(42,43)48-50(40,41)44-10-14-19(47-49(37,38)39)18(34)24(46-14)32-13-31-17-21(26)29-12-30-22(17)32/h3-4,8,12-14,18-20,24,34-35H,5-7,9-11H2,1-2H3,(H,27,33)(H,28,36)(H,40,41)(H,42,43)(H2,26,29,30)(H2,37,38,39)/t14-,18-,19-,20+,24-/m1/s1. The van der Waals surface area contributed by atoms with Crippen molar-refractivity contribution in [2.45, 2.75) is 55.1 Å². The molecular weight excluding hydrogens is 811 g/mol. The molecule has 4 heterocycles. The van der Waals surface area contributed by atoms with E-state index < -0.39 is 78.6 Å². The number of hydrogen-bond acceptors (Lipinski definition) is 18. The highest BCUT2D eigenvalue weighted by Crippen LogP contribution is 2.61. The lowest BCUT2D eigenvalue weighted by molar-refractivity contribution is -0.137. The van der Waals surface area contributed by atoms with Crippen LogP contribution in [0.25, 0.3) is 11.2 Å². The van der Waals surface area contributed by atoms with E-state index >= 15 is 0 Å². The highest BCUT2D eigenvalue weighted by molar-refractivity contribution is 8.01. The van der Waals surface area contributed by atoms with Crippen molar-refractivity contribution in [3.05, 3.63) is 30.2 Å². The summed E-state index contributed by atoms with van der Waals surface area (Å²) in [7, 11) is -16.3. The first-order valence-corrected chi connectivity index (χ1v) is 21.6. The molecule has 3 aromatic rings. The van der Waals surface area contributed by atoms with E-state index in [1.807, 2.05) is 17.5 Å². The summed E-state index contributed by atoms with van der Waals surface area (Å²) in [6.45, 7) is 0.836. The maximum Gasteiger partial charge on any atom is 0.481 e. The molecule has 10 N–H and O–H groups in total. The largest absolute Gasteiger partial charge is 0.481 e. The first-order chi connectivity index (χ1) is 24.7. The number of nitrogen functional groups attached to an aromatic ring is 1. The minimum Gasteiger partial charge on any atom is -0.386 e. The monoisotopic (exact) mass is 849 g/mol. The van der Waals surface area contributed by atoms with Crippen LogP contribution in [0.1, 0.15) is 26.5 Å². The van der Waals surface area contributed by atoms with Crippen molar-refractivity contribution in [1.29, 1.82) is 0 Å². The number of thioether (sulfide) groups is 1. The minimum absolute atomic E-state index is 0.0356. The average molecular weight is 850 g/mol. The number of ether oxygens (including phenoxy) is 1. The number of carbonyl (C=O) groups is 2. The number of phosphoric ester groups is 3. The summed E-state index contributed by atoms with van der Waals surface area (Å²) in [6, 6.07) is 3.87. The van der Waals surface area contributed by atoms with Gasteiger partial charge >= 0.3 is 23.5 Å². The molecule has 296 valence electrons. The highest BCUT2D eigenvalue weighted by atomic mass is 32.2. The Labute approximate surface area is 309 Å². The molecule has 1 aliphatic heterocycles. The fourth-order valence-corrected chi connectivity index (χ4v) is 9.17. The zero-order valence-corrected chi connectivity index (χ0v) is 32.1. The first kappa shape index (κ1) is 43.3. The van der Waals surface area contributed by atoms with Crippen molar-refractivity contribution < 1.29 is 75.7 Å². The number of fused-ring (bicyclic) bond motifs is 1. The van der Waals surface area contributed by atoms with Crippen LogP contribution in [0.15, 0.2) is 34.4 Å². The predicted molar refractivity (Wildman–Crippen MR) is 185 cm³/mol. The summed E-state index contributed by atoms with van der Waals surface area (Å²) < 4.78 is 63.2. The highest BCUT2D eigenvalue weighted by Gasteiger charge is 2.50. The van der Waals surface area contributed by atoms with Gasteiger partial charge in [0, 0.05) is 30.7 Å². The maximum atomic E-state index is 12.7. The van der Waals surface area contributed by atoms with E-state index in [0.717, 1.165) is 21.4 Å². The molecular formula is C25H38N7O16P3S2. The second-order valence-corrected chi connectivity index (χ2v) is 18.4. The second-order valence-electron chi connectivity index (χ2n) is 11.8. The van der Waals surface area contributed by atoms with Crippen molar-refractivity contribution in [2.24, 2.45) is 5.41 Å². The van der Waals surface area contributed by atoms with Gasteiger partial charge in [0.15, 0.2) is 17.7 Å². The lowest BCUT2D eigenvalue weighted by Gasteiger charge is -2.30. The molecule has 53 heavy (non-hydrogen) atoms. The van der Waals surface area contributed by atoms with Gasteiger partial charge < -0.3 is 50.9 Å². The van der Waals surface area contributed by atoms with E-state index in [9.17, 15) is 53.1 Å². The minimum atomic E-state index is -5.55. The van der Waals surface area contributed by atoms with Crippen LogP contribution < -0.4 is 16.4 Å². The molecule has 1 aliphatic rings. The number of carbonyl (C=O) groups excluding carboxylic acids is 2. The van der Waals surface area contributed by atoms with Gasteiger partial charge in [-0.15, -0.1) is 23.1 Å². The molecule has 0 aliphatic carbocycles. The van der Waals surface area contributed by atoms with Crippen LogP contribution in [0.2, 0.25) is 0 Å². The van der Waals surface area contributed by atoms with Crippen molar-refractivity contribution in [3.8, 4) is 0 Å². The molecule has 23 nitrogen and oxygen atoms in total. The van der Waals surface area contributed by atoms with Gasteiger partial charge in [-0.25, -0.2) is 28.6 Å². The van der Waals surface area contributed by atoms with Gasteiger partial charge in [-0.05, 0) is 11.4 Å². The Balaban J connectivity index is 1.26. The van der Waals surface area contributed by atoms with Gasteiger partial charge in [-0.1, -0.05) is 19.9 Å². The van der Waals surface area contributed by atoms with E-state index in [4.69, 9.17) is 19.5 Å². The molecule has 0 saturated carbocycles. The molecule has 2 unspecified atom stereocenters. The number of thiophene rings is 1. The van der Waals surface area contributed by atoms with Crippen molar-refractivity contribution in [2.75, 3.05) is 37.8 Å². The Morgan fingerprint density at radius 2 is 1.83 bits per heavy atom. The summed E-state index contributed by atoms with van der Waals surface area (Å²) in [4.78, 5) is 75.5. The number of aliphatic hydroxyl groups is 2. The topological polar surface area (TPSA) is 347 Å². The van der Waals surface area contributed by atoms with Gasteiger partial charge in [0.2, 0.25) is 11.8 Å². The Morgan fingerprint density at radius 3 is 2.51 bits per heavy atom. The number of hydrogen-bond donors (Lipinski definition) is 9. The number of anilines is 1. The first-order valence-electron chi connectivity index (χ1n) is 15.2. The smallest absolute Gasteiger partial charge is 0.386 e. The Bertz CT molecular complexity index is 1860. The molecule has 4 rings (SSSR count). The van der Waals surface area contributed by atoms with E-state index in [-0.39, 0.29) is 35.9 Å². The van der Waals surface area contributed by atoms with Crippen molar-refractivity contribution in [3.63, 3.8) is 0 Å². The molecule has 7 atom stereocenters. The summed E-state index contributed by atoms with van der Waals surface area (Å²) in [5, 5.41) is 28.4. The summed E-state index contributed by atoms with van der Waals surface area (Å²) in [5.41, 5.74) is 4.31. The molecule has 1 fully saturated rings. The number of nitrogens with zero attached hydrogens (tertiary/aromatic N) is 4. The van der Waals surface area contributed by atoms with Crippen LogP contribution >= 0.6 is 46.6 Å². The quantitative estimate of drug-likeness (QED) is 0.0418. The third-order valence-corrected chi connectivity index (χ3v) is 12.5. The van der Waals surface area contributed by atoms with Gasteiger partial charge in [-0.3, -0.25) is 27.7 Å². The second kappa shape index (κ2) is 18.0. The molecule has 0 radical (unpaired) electrons. The fourth-order valence-electron chi connectivity index (χ4n) is 4.63. The summed E-state index contributed by atoms with van der Waals surface area (Å²) in [6.07, 6.45) is -6.74. The lowest BCUT2D eigenvalue weighted by Crippen LogP contribution is -2.46. The zero-order valence-electron chi connectivity index (χ0n) is 27.8. The SMILES string of the molecule is CC(C)(COP(=O)(O)OP(=O)(O)OC[C@H]1O[C@@H](n2cnc3c(N)ncnc32)[C@H](O)[C@@H]1OP(=O)(O)O)[C@@H](O)C(=O)NCCC(=O)NCCSc1cccs1. The molecule has 1 saturated heterocycles.